The summed E-state index contributed by atoms with van der Waals surface area (Å²) in [6.45, 7) is -0.00212. The summed E-state index contributed by atoms with van der Waals surface area (Å²) in [6, 6.07) is 0.681. The van der Waals surface area contributed by atoms with Gasteiger partial charge in [-0.2, -0.15) is 22.5 Å². The molecule has 0 aliphatic carbocycles. The molecule has 208 valence electrons. The number of oxime groups is 1. The number of halogens is 3. The highest BCUT2D eigenvalue weighted by Crippen LogP contribution is 2.40. The van der Waals surface area contributed by atoms with Gasteiger partial charge in [-0.05, 0) is 6.42 Å². The monoisotopic (exact) mass is 587 g/mol. The quantitative estimate of drug-likeness (QED) is 0.141. The third kappa shape index (κ3) is 5.35. The Morgan fingerprint density at radius 1 is 1.41 bits per heavy atom. The fraction of sp³-hybridized carbons (Fsp3) is 0.450. The number of carboxylic acids is 1. The van der Waals surface area contributed by atoms with E-state index >= 15 is 0 Å². The maximum absolute atomic E-state index is 13.0. The molecule has 5 heterocycles. The van der Waals surface area contributed by atoms with Crippen LogP contribution in [0.4, 0.5) is 24.1 Å². The first kappa shape index (κ1) is 26.7. The highest BCUT2D eigenvalue weighted by molar-refractivity contribution is 8.00. The number of aliphatic carboxylic acids is 1. The predicted molar refractivity (Wildman–Crippen MR) is 128 cm³/mol. The summed E-state index contributed by atoms with van der Waals surface area (Å²) in [7, 11) is 0. The Kier molecular flexibility index (Phi) is 7.10. The molecular weight excluding hydrogens is 567 g/mol. The number of anilines is 2. The van der Waals surface area contributed by atoms with Gasteiger partial charge in [0.25, 0.3) is 11.8 Å². The van der Waals surface area contributed by atoms with E-state index in [9.17, 15) is 32.7 Å². The fourth-order valence-electron chi connectivity index (χ4n) is 4.33. The number of carboxylic acid groups (broad SMARTS) is 1. The van der Waals surface area contributed by atoms with Crippen LogP contribution in [0, 0.1) is 0 Å². The lowest BCUT2D eigenvalue weighted by Gasteiger charge is -2.50. The number of aromatic nitrogens is 4. The molecule has 2 atom stereocenters. The van der Waals surface area contributed by atoms with E-state index in [1.54, 1.807) is 0 Å². The van der Waals surface area contributed by atoms with Crippen LogP contribution in [0.15, 0.2) is 28.7 Å². The largest absolute Gasteiger partial charge is 0.543 e. The van der Waals surface area contributed by atoms with Gasteiger partial charge in [-0.1, -0.05) is 5.16 Å². The number of nitrogens with two attached hydrogens (primary N) is 1. The number of amides is 2. The molecule has 4 N–H and O–H groups in total. The van der Waals surface area contributed by atoms with Gasteiger partial charge in [0.05, 0.1) is 24.3 Å². The van der Waals surface area contributed by atoms with E-state index in [-0.39, 0.29) is 23.1 Å². The number of hydrogen-bond donors (Lipinski definition) is 3. The third-order valence-electron chi connectivity index (χ3n) is 5.98. The highest BCUT2D eigenvalue weighted by atomic mass is 32.2. The van der Waals surface area contributed by atoms with Crippen molar-refractivity contribution >= 4 is 57.7 Å². The molecule has 2 amide bonds. The molecule has 39 heavy (non-hydrogen) atoms. The molecule has 2 aromatic heterocycles. The van der Waals surface area contributed by atoms with Gasteiger partial charge in [-0.15, -0.1) is 21.1 Å². The Hall–Kier alpha value is -3.87. The van der Waals surface area contributed by atoms with Gasteiger partial charge in [0.15, 0.2) is 23.7 Å². The van der Waals surface area contributed by atoms with Gasteiger partial charge < -0.3 is 31.1 Å². The normalized spacial score (nSPS) is 21.1. The predicted octanol–water partition coefficient (Wildman–Crippen LogP) is -1.59. The summed E-state index contributed by atoms with van der Waals surface area (Å²) in [5.74, 6) is -2.64. The van der Waals surface area contributed by atoms with E-state index in [1.807, 2.05) is 21.6 Å². The van der Waals surface area contributed by atoms with Crippen molar-refractivity contribution in [1.29, 1.82) is 0 Å². The van der Waals surface area contributed by atoms with Crippen LogP contribution in [0.25, 0.3) is 0 Å². The van der Waals surface area contributed by atoms with Crippen molar-refractivity contribution in [3.05, 3.63) is 29.4 Å². The molecule has 1 fully saturated rings. The highest BCUT2D eigenvalue weighted by Gasteiger charge is 2.53. The fourth-order valence-corrected chi connectivity index (χ4v) is 6.10. The number of fused-ring (bicyclic) bond motifs is 2. The topological polar surface area (TPSA) is 184 Å². The van der Waals surface area contributed by atoms with E-state index in [0.717, 1.165) is 30.2 Å². The standard InChI is InChI=1S/C20H20F3N9O5S2/c21-20(22,23)8-37-28-11(14-27-19(24)39-29-14)15(33)26-12-16(34)32-13(18(35)36)9(7-38-17(12)32)6-30-5-2-10-25-3-1-4-31(10)30/h2,5,12,17H,1,3-4,6-8H2,(H4,24,26,27,29,33,35,36)/t12-,17-/m1/s1. The lowest BCUT2D eigenvalue weighted by atomic mass is 10.0. The zero-order chi connectivity index (χ0) is 27.9. The number of nitrogen functional groups attached to an aromatic ring is 1. The summed E-state index contributed by atoms with van der Waals surface area (Å²) in [6.07, 6.45) is -2.01. The first-order valence-corrected chi connectivity index (χ1v) is 13.2. The molecule has 2 aromatic rings. The molecule has 0 bridgehead atoms. The zero-order valence-electron chi connectivity index (χ0n) is 19.8. The molecule has 0 unspecified atom stereocenters. The van der Waals surface area contributed by atoms with Crippen molar-refractivity contribution < 1.29 is 42.2 Å². The second-order valence-corrected chi connectivity index (χ2v) is 10.5. The van der Waals surface area contributed by atoms with Crippen LogP contribution in [0.5, 0.6) is 0 Å². The van der Waals surface area contributed by atoms with Crippen LogP contribution >= 0.6 is 23.3 Å². The maximum Gasteiger partial charge on any atom is 0.425 e. The van der Waals surface area contributed by atoms with E-state index in [4.69, 9.17) is 5.73 Å². The molecular formula is C20H20F3N9O5S2. The number of nitrogens with zero attached hydrogens (tertiary/aromatic N) is 6. The molecule has 0 saturated carbocycles. The van der Waals surface area contributed by atoms with Crippen LogP contribution in [0.1, 0.15) is 12.2 Å². The van der Waals surface area contributed by atoms with Gasteiger partial charge >= 0.3 is 6.18 Å². The smallest absolute Gasteiger partial charge is 0.425 e. The van der Waals surface area contributed by atoms with Crippen molar-refractivity contribution in [2.24, 2.45) is 5.16 Å². The number of alkyl halides is 3. The second kappa shape index (κ2) is 10.4. The average molecular weight is 588 g/mol. The lowest BCUT2D eigenvalue weighted by molar-refractivity contribution is -0.768. The van der Waals surface area contributed by atoms with Crippen molar-refractivity contribution in [1.82, 2.24) is 24.3 Å². The van der Waals surface area contributed by atoms with E-state index in [0.29, 0.717) is 17.1 Å². The Labute approximate surface area is 225 Å². The molecule has 0 spiro atoms. The average Bonchev–Trinajstić information content (AvgIpc) is 3.50. The number of nitrogens with one attached hydrogen (secondary N) is 2. The van der Waals surface area contributed by atoms with Crippen LogP contribution in [-0.2, 0) is 32.3 Å². The van der Waals surface area contributed by atoms with Crippen molar-refractivity contribution in [2.75, 3.05) is 30.0 Å². The van der Waals surface area contributed by atoms with Crippen molar-refractivity contribution in [3.63, 3.8) is 0 Å². The minimum atomic E-state index is -4.72. The first-order valence-electron chi connectivity index (χ1n) is 11.4. The van der Waals surface area contributed by atoms with Gasteiger partial charge in [0.2, 0.25) is 18.1 Å². The number of rotatable bonds is 8. The zero-order valence-corrected chi connectivity index (χ0v) is 21.4. The van der Waals surface area contributed by atoms with Crippen LogP contribution in [0.3, 0.4) is 0 Å². The number of carbonyl (C=O) groups excluding carboxylic acids is 3. The van der Waals surface area contributed by atoms with Gasteiger partial charge in [0.1, 0.15) is 11.4 Å². The van der Waals surface area contributed by atoms with E-state index < -0.39 is 53.5 Å². The summed E-state index contributed by atoms with van der Waals surface area (Å²) in [4.78, 5) is 47.1. The van der Waals surface area contributed by atoms with Crippen LogP contribution in [0.2, 0.25) is 0 Å². The van der Waals surface area contributed by atoms with E-state index in [2.05, 4.69) is 30.0 Å². The lowest BCUT2D eigenvalue weighted by Crippen LogP contribution is -2.71. The molecule has 3 aliphatic heterocycles. The van der Waals surface area contributed by atoms with E-state index in [1.165, 1.54) is 11.8 Å². The molecule has 3 aliphatic rings. The maximum atomic E-state index is 13.0. The Balaban J connectivity index is 1.33. The number of carbonyl (C=O) groups is 3. The Morgan fingerprint density at radius 2 is 2.21 bits per heavy atom. The van der Waals surface area contributed by atoms with Crippen molar-refractivity contribution in [2.45, 2.75) is 37.1 Å². The molecule has 0 radical (unpaired) electrons. The van der Waals surface area contributed by atoms with Crippen LogP contribution < -0.4 is 26.2 Å². The summed E-state index contributed by atoms with van der Waals surface area (Å²) in [5.41, 5.74) is 4.96. The molecule has 5 rings (SSSR count). The third-order valence-corrected chi connectivity index (χ3v) is 7.86. The number of thioether (sulfide) groups is 1. The van der Waals surface area contributed by atoms with Gasteiger partial charge in [-0.3, -0.25) is 14.5 Å². The molecule has 1 saturated heterocycles. The van der Waals surface area contributed by atoms with Crippen molar-refractivity contribution in [3.8, 4) is 0 Å². The molecule has 14 nitrogen and oxygen atoms in total. The Morgan fingerprint density at radius 3 is 2.90 bits per heavy atom. The summed E-state index contributed by atoms with van der Waals surface area (Å²) >= 11 is 1.90. The van der Waals surface area contributed by atoms with Gasteiger partial charge in [-0.25, -0.2) is 0 Å². The molecule has 19 heteroatoms. The number of hydrogen-bond acceptors (Lipinski definition) is 12. The SMILES string of the molecule is Nc1nc(C(=NOCC(F)(F)F)C(=O)N[C@@H]2C(=O)N3C(C(=O)[O-])=C(C[n+]4ccc5n4CCCN5)CS[C@H]23)ns1. The minimum Gasteiger partial charge on any atom is -0.543 e. The Bertz CT molecular complexity index is 1390. The number of β-lactam (4-membered cyclic amide) rings is 1. The first-order chi connectivity index (χ1) is 18.5. The summed E-state index contributed by atoms with van der Waals surface area (Å²) in [5, 5.41) is 20.1. The van der Waals surface area contributed by atoms with Crippen LogP contribution in [-0.4, -0.2) is 78.9 Å². The molecule has 0 aromatic carbocycles. The summed E-state index contributed by atoms with van der Waals surface area (Å²) < 4.78 is 45.1. The minimum absolute atomic E-state index is 0.0794. The van der Waals surface area contributed by atoms with Gasteiger partial charge in [0, 0.05) is 29.4 Å². The second-order valence-electron chi connectivity index (χ2n) is 8.59.